The van der Waals surface area contributed by atoms with Crippen molar-refractivity contribution in [3.05, 3.63) is 36.2 Å². The highest BCUT2D eigenvalue weighted by Crippen LogP contribution is 2.36. The molecule has 0 fully saturated rings. The number of carbonyl (C=O) groups is 1. The van der Waals surface area contributed by atoms with E-state index in [9.17, 15) is 4.79 Å². The van der Waals surface area contributed by atoms with Crippen molar-refractivity contribution in [2.75, 3.05) is 12.4 Å². The van der Waals surface area contributed by atoms with E-state index >= 15 is 0 Å². The SMILES string of the molecule is CNC1C(=O)Nc2c1ccc1cnccc21. The van der Waals surface area contributed by atoms with E-state index in [4.69, 9.17) is 0 Å². The lowest BCUT2D eigenvalue weighted by Gasteiger charge is -2.07. The smallest absolute Gasteiger partial charge is 0.246 e. The van der Waals surface area contributed by atoms with Crippen LogP contribution in [0.1, 0.15) is 11.6 Å². The van der Waals surface area contributed by atoms with Gasteiger partial charge in [0.2, 0.25) is 5.91 Å². The van der Waals surface area contributed by atoms with Crippen LogP contribution in [0.5, 0.6) is 0 Å². The van der Waals surface area contributed by atoms with Crippen molar-refractivity contribution in [3.8, 4) is 0 Å². The predicted octanol–water partition coefficient (Wildman–Crippen LogP) is 1.45. The van der Waals surface area contributed by atoms with Crippen LogP contribution in [-0.4, -0.2) is 17.9 Å². The molecule has 0 radical (unpaired) electrons. The molecule has 1 aliphatic rings. The maximum atomic E-state index is 11.7. The number of benzene rings is 1. The fourth-order valence-electron chi connectivity index (χ4n) is 2.19. The van der Waals surface area contributed by atoms with Gasteiger partial charge in [0, 0.05) is 28.7 Å². The third-order valence-electron chi connectivity index (χ3n) is 2.96. The molecule has 1 aromatic heterocycles. The summed E-state index contributed by atoms with van der Waals surface area (Å²) in [6, 6.07) is 5.64. The Morgan fingerprint density at radius 2 is 2.25 bits per heavy atom. The molecule has 1 amide bonds. The molecule has 80 valence electrons. The van der Waals surface area contributed by atoms with Crippen molar-refractivity contribution in [3.63, 3.8) is 0 Å². The Bertz CT molecular complexity index is 579. The first kappa shape index (κ1) is 9.30. The lowest BCUT2D eigenvalue weighted by atomic mass is 10.0. The Balaban J connectivity index is 2.30. The van der Waals surface area contributed by atoms with E-state index in [1.807, 2.05) is 18.2 Å². The van der Waals surface area contributed by atoms with Crippen molar-refractivity contribution in [1.29, 1.82) is 0 Å². The van der Waals surface area contributed by atoms with E-state index in [-0.39, 0.29) is 11.9 Å². The first-order valence-corrected chi connectivity index (χ1v) is 5.16. The summed E-state index contributed by atoms with van der Waals surface area (Å²) in [6.07, 6.45) is 3.54. The number of rotatable bonds is 1. The highest BCUT2D eigenvalue weighted by molar-refractivity contribution is 6.11. The van der Waals surface area contributed by atoms with Crippen LogP contribution >= 0.6 is 0 Å². The van der Waals surface area contributed by atoms with Gasteiger partial charge in [0.25, 0.3) is 0 Å². The number of anilines is 1. The van der Waals surface area contributed by atoms with Gasteiger partial charge in [-0.05, 0) is 13.1 Å². The van der Waals surface area contributed by atoms with Crippen molar-refractivity contribution < 1.29 is 4.79 Å². The molecular weight excluding hydrogens is 202 g/mol. The lowest BCUT2D eigenvalue weighted by molar-refractivity contribution is -0.117. The minimum absolute atomic E-state index is 0.00168. The zero-order valence-corrected chi connectivity index (χ0v) is 8.82. The monoisotopic (exact) mass is 213 g/mol. The second kappa shape index (κ2) is 3.28. The highest BCUT2D eigenvalue weighted by Gasteiger charge is 2.30. The van der Waals surface area contributed by atoms with E-state index in [0.717, 1.165) is 22.0 Å². The van der Waals surface area contributed by atoms with Crippen LogP contribution in [0.4, 0.5) is 5.69 Å². The molecule has 1 aliphatic heterocycles. The zero-order valence-electron chi connectivity index (χ0n) is 8.82. The van der Waals surface area contributed by atoms with Crippen LogP contribution < -0.4 is 10.6 Å². The summed E-state index contributed by atoms with van der Waals surface area (Å²) in [5.74, 6) is 0.00168. The predicted molar refractivity (Wildman–Crippen MR) is 62.2 cm³/mol. The standard InChI is InChI=1S/C12H11N3O/c1-13-11-9-3-2-7-6-14-5-4-8(7)10(9)15-12(11)16/h2-6,11,13H,1H3,(H,15,16). The number of aromatic nitrogens is 1. The molecule has 2 heterocycles. The van der Waals surface area contributed by atoms with Gasteiger partial charge in [0.05, 0.1) is 5.69 Å². The summed E-state index contributed by atoms with van der Waals surface area (Å²) in [7, 11) is 1.79. The Morgan fingerprint density at radius 1 is 1.38 bits per heavy atom. The number of likely N-dealkylation sites (N-methyl/N-ethyl adjacent to an activating group) is 1. The maximum absolute atomic E-state index is 11.7. The molecule has 1 atom stereocenters. The fraction of sp³-hybridized carbons (Fsp3) is 0.167. The molecule has 1 unspecified atom stereocenters. The van der Waals surface area contributed by atoms with Crippen LogP contribution in [-0.2, 0) is 4.79 Å². The van der Waals surface area contributed by atoms with E-state index in [2.05, 4.69) is 15.6 Å². The minimum atomic E-state index is -0.243. The summed E-state index contributed by atoms with van der Waals surface area (Å²) in [5.41, 5.74) is 1.91. The van der Waals surface area contributed by atoms with Gasteiger partial charge in [-0.1, -0.05) is 12.1 Å². The molecule has 2 aromatic rings. The molecule has 0 spiro atoms. The summed E-state index contributed by atoms with van der Waals surface area (Å²) in [5, 5.41) is 8.00. The quantitative estimate of drug-likeness (QED) is 0.753. The van der Waals surface area contributed by atoms with Crippen molar-refractivity contribution in [1.82, 2.24) is 10.3 Å². The van der Waals surface area contributed by atoms with Gasteiger partial charge in [0.15, 0.2) is 0 Å². The van der Waals surface area contributed by atoms with Gasteiger partial charge in [0.1, 0.15) is 6.04 Å². The fourth-order valence-corrected chi connectivity index (χ4v) is 2.19. The minimum Gasteiger partial charge on any atom is -0.324 e. The summed E-state index contributed by atoms with van der Waals surface area (Å²) < 4.78 is 0. The molecule has 1 aromatic carbocycles. The summed E-state index contributed by atoms with van der Waals surface area (Å²) in [4.78, 5) is 15.8. The van der Waals surface area contributed by atoms with Gasteiger partial charge >= 0.3 is 0 Å². The first-order valence-electron chi connectivity index (χ1n) is 5.16. The number of fused-ring (bicyclic) bond motifs is 3. The Kier molecular flexibility index (Phi) is 1.91. The summed E-state index contributed by atoms with van der Waals surface area (Å²) >= 11 is 0. The number of hydrogen-bond donors (Lipinski definition) is 2. The highest BCUT2D eigenvalue weighted by atomic mass is 16.2. The topological polar surface area (TPSA) is 54.0 Å². The van der Waals surface area contributed by atoms with Crippen LogP contribution in [0.15, 0.2) is 30.6 Å². The van der Waals surface area contributed by atoms with E-state index in [1.54, 1.807) is 19.4 Å². The van der Waals surface area contributed by atoms with Crippen LogP contribution in [0, 0.1) is 0 Å². The van der Waals surface area contributed by atoms with Gasteiger partial charge < -0.3 is 10.6 Å². The van der Waals surface area contributed by atoms with Crippen LogP contribution in [0.2, 0.25) is 0 Å². The molecule has 2 N–H and O–H groups in total. The molecule has 0 aliphatic carbocycles. The Hall–Kier alpha value is -1.94. The number of pyridine rings is 1. The van der Waals surface area contributed by atoms with E-state index in [0.29, 0.717) is 0 Å². The largest absolute Gasteiger partial charge is 0.324 e. The summed E-state index contributed by atoms with van der Waals surface area (Å²) in [6.45, 7) is 0. The molecule has 4 nitrogen and oxygen atoms in total. The first-order chi connectivity index (χ1) is 7.81. The third kappa shape index (κ3) is 1.13. The molecule has 4 heteroatoms. The second-order valence-corrected chi connectivity index (χ2v) is 3.84. The number of amides is 1. The molecule has 16 heavy (non-hydrogen) atoms. The number of nitrogens with one attached hydrogen (secondary N) is 2. The van der Waals surface area contributed by atoms with Crippen molar-refractivity contribution >= 4 is 22.4 Å². The normalized spacial score (nSPS) is 18.6. The van der Waals surface area contributed by atoms with Gasteiger partial charge in [-0.3, -0.25) is 9.78 Å². The van der Waals surface area contributed by atoms with Crippen LogP contribution in [0.25, 0.3) is 10.8 Å². The average Bonchev–Trinajstić information content (AvgIpc) is 2.65. The number of hydrogen-bond acceptors (Lipinski definition) is 3. The molecular formula is C12H11N3O. The maximum Gasteiger partial charge on any atom is 0.246 e. The van der Waals surface area contributed by atoms with Gasteiger partial charge in [-0.25, -0.2) is 0 Å². The van der Waals surface area contributed by atoms with Crippen molar-refractivity contribution in [2.24, 2.45) is 0 Å². The lowest BCUT2D eigenvalue weighted by Crippen LogP contribution is -2.23. The Morgan fingerprint density at radius 3 is 3.06 bits per heavy atom. The zero-order chi connectivity index (χ0) is 11.1. The molecule has 3 rings (SSSR count). The molecule has 0 saturated heterocycles. The number of nitrogens with zero attached hydrogens (tertiary/aromatic N) is 1. The average molecular weight is 213 g/mol. The van der Waals surface area contributed by atoms with Gasteiger partial charge in [-0.2, -0.15) is 0 Å². The number of carbonyl (C=O) groups excluding carboxylic acids is 1. The molecule has 0 saturated carbocycles. The van der Waals surface area contributed by atoms with Gasteiger partial charge in [-0.15, -0.1) is 0 Å². The van der Waals surface area contributed by atoms with Crippen molar-refractivity contribution in [2.45, 2.75) is 6.04 Å². The molecule has 0 bridgehead atoms. The van der Waals surface area contributed by atoms with E-state index in [1.165, 1.54) is 0 Å². The Labute approximate surface area is 92.7 Å². The van der Waals surface area contributed by atoms with E-state index < -0.39 is 0 Å². The second-order valence-electron chi connectivity index (χ2n) is 3.84. The third-order valence-corrected chi connectivity index (χ3v) is 2.96. The van der Waals surface area contributed by atoms with Crippen LogP contribution in [0.3, 0.4) is 0 Å².